The van der Waals surface area contributed by atoms with Crippen molar-refractivity contribution in [2.75, 3.05) is 0 Å². The Hall–Kier alpha value is -1.67. The molecular weight excluding hydrogens is 212 g/mol. The molecule has 15 heavy (non-hydrogen) atoms. The standard InChI is InChI=1S/C6H5ClO.C6H6O/c7-8-6-4-2-1-3-5-6;7-6-4-2-1-3-5-6/h1-5H;1-5,7H. The predicted octanol–water partition coefficient (Wildman–Crippen LogP) is 3.61. The van der Waals surface area contributed by atoms with Gasteiger partial charge in [0.1, 0.15) is 23.4 Å². The second kappa shape index (κ2) is 6.74. The Bertz CT molecular complexity index is 362. The summed E-state index contributed by atoms with van der Waals surface area (Å²) < 4.78 is 4.39. The Morgan fingerprint density at radius 1 is 0.800 bits per heavy atom. The molecule has 2 nitrogen and oxygen atoms in total. The lowest BCUT2D eigenvalue weighted by molar-refractivity contribution is 0.475. The summed E-state index contributed by atoms with van der Waals surface area (Å²) >= 11 is 5.03. The first-order valence-corrected chi connectivity index (χ1v) is 4.71. The zero-order valence-electron chi connectivity index (χ0n) is 8.01. The number of rotatable bonds is 1. The Morgan fingerprint density at radius 3 is 1.53 bits per heavy atom. The molecular formula is C12H11ClO2. The molecule has 3 heteroatoms. The van der Waals surface area contributed by atoms with Crippen molar-refractivity contribution in [1.82, 2.24) is 0 Å². The summed E-state index contributed by atoms with van der Waals surface area (Å²) in [5.74, 6) is 0.997. The molecule has 0 saturated carbocycles. The molecule has 78 valence electrons. The maximum atomic E-state index is 8.63. The minimum Gasteiger partial charge on any atom is -0.508 e. The normalized spacial score (nSPS) is 8.60. The highest BCUT2D eigenvalue weighted by Crippen LogP contribution is 2.08. The quantitative estimate of drug-likeness (QED) is 0.799. The first-order chi connectivity index (χ1) is 7.33. The Kier molecular flexibility index (Phi) is 5.12. The monoisotopic (exact) mass is 222 g/mol. The van der Waals surface area contributed by atoms with Gasteiger partial charge in [-0.05, 0) is 24.3 Å². The molecule has 2 rings (SSSR count). The highest BCUT2D eigenvalue weighted by atomic mass is 35.5. The van der Waals surface area contributed by atoms with Gasteiger partial charge in [0.2, 0.25) is 0 Å². The summed E-state index contributed by atoms with van der Waals surface area (Å²) in [6.45, 7) is 0. The number of phenolic OH excluding ortho intramolecular Hbond substituents is 1. The molecule has 0 spiro atoms. The van der Waals surface area contributed by atoms with Gasteiger partial charge in [0, 0.05) is 0 Å². The summed E-state index contributed by atoms with van der Waals surface area (Å²) in [5, 5.41) is 8.63. The van der Waals surface area contributed by atoms with Gasteiger partial charge in [-0.2, -0.15) is 0 Å². The van der Waals surface area contributed by atoms with Crippen LogP contribution in [0.1, 0.15) is 0 Å². The van der Waals surface area contributed by atoms with Crippen LogP contribution in [0.5, 0.6) is 11.5 Å². The van der Waals surface area contributed by atoms with Crippen molar-refractivity contribution in [3.05, 3.63) is 60.7 Å². The molecule has 0 aliphatic rings. The van der Waals surface area contributed by atoms with Crippen molar-refractivity contribution < 1.29 is 9.40 Å². The zero-order chi connectivity index (χ0) is 10.9. The average Bonchev–Trinajstić information content (AvgIpc) is 2.32. The van der Waals surface area contributed by atoms with E-state index in [1.54, 1.807) is 36.4 Å². The van der Waals surface area contributed by atoms with Crippen LogP contribution in [0.3, 0.4) is 0 Å². The van der Waals surface area contributed by atoms with Crippen molar-refractivity contribution in [3.8, 4) is 11.5 Å². The third-order valence-corrected chi connectivity index (χ3v) is 1.77. The van der Waals surface area contributed by atoms with E-state index in [0.29, 0.717) is 11.5 Å². The van der Waals surface area contributed by atoms with Crippen LogP contribution in [0.15, 0.2) is 60.7 Å². The van der Waals surface area contributed by atoms with Crippen LogP contribution < -0.4 is 4.29 Å². The van der Waals surface area contributed by atoms with E-state index >= 15 is 0 Å². The molecule has 1 N–H and O–H groups in total. The fourth-order valence-corrected chi connectivity index (χ4v) is 1.00. The number of hydrogen-bond acceptors (Lipinski definition) is 2. The van der Waals surface area contributed by atoms with Crippen molar-refractivity contribution in [1.29, 1.82) is 0 Å². The van der Waals surface area contributed by atoms with E-state index in [4.69, 9.17) is 17.0 Å². The van der Waals surface area contributed by atoms with Gasteiger partial charge in [-0.1, -0.05) is 36.4 Å². The minimum absolute atomic E-state index is 0.322. The Labute approximate surface area is 93.9 Å². The summed E-state index contributed by atoms with van der Waals surface area (Å²) in [6.07, 6.45) is 0. The molecule has 0 aromatic heterocycles. The number of halogens is 1. The molecule has 2 aromatic carbocycles. The molecule has 0 aliphatic carbocycles. The molecule has 0 heterocycles. The molecule has 0 atom stereocenters. The van der Waals surface area contributed by atoms with Crippen LogP contribution >= 0.6 is 11.9 Å². The van der Waals surface area contributed by atoms with Crippen LogP contribution in [0.4, 0.5) is 0 Å². The van der Waals surface area contributed by atoms with Gasteiger partial charge in [0.05, 0.1) is 0 Å². The number of hydrogen-bond donors (Lipinski definition) is 1. The van der Waals surface area contributed by atoms with E-state index in [0.717, 1.165) is 0 Å². The highest BCUT2D eigenvalue weighted by molar-refractivity contribution is 6.09. The number of aromatic hydroxyl groups is 1. The largest absolute Gasteiger partial charge is 0.508 e. The third kappa shape index (κ3) is 4.93. The molecule has 0 aliphatic heterocycles. The first-order valence-electron chi connectivity index (χ1n) is 4.40. The number of para-hydroxylation sites is 2. The molecule has 0 radical (unpaired) electrons. The zero-order valence-corrected chi connectivity index (χ0v) is 8.76. The molecule has 0 amide bonds. The lowest BCUT2D eigenvalue weighted by Crippen LogP contribution is -1.69. The van der Waals surface area contributed by atoms with Crippen LogP contribution in [0.2, 0.25) is 0 Å². The number of benzene rings is 2. The number of phenols is 1. The van der Waals surface area contributed by atoms with Crippen molar-refractivity contribution in [3.63, 3.8) is 0 Å². The predicted molar refractivity (Wildman–Crippen MR) is 61.0 cm³/mol. The second-order valence-electron chi connectivity index (χ2n) is 2.73. The molecule has 2 aromatic rings. The minimum atomic E-state index is 0.322. The summed E-state index contributed by atoms with van der Waals surface area (Å²) in [5.41, 5.74) is 0. The summed E-state index contributed by atoms with van der Waals surface area (Å²) in [7, 11) is 0. The van der Waals surface area contributed by atoms with Gasteiger partial charge >= 0.3 is 0 Å². The van der Waals surface area contributed by atoms with Crippen molar-refractivity contribution >= 4 is 11.9 Å². The van der Waals surface area contributed by atoms with Crippen molar-refractivity contribution in [2.24, 2.45) is 0 Å². The van der Waals surface area contributed by atoms with Gasteiger partial charge in [0.25, 0.3) is 0 Å². The van der Waals surface area contributed by atoms with E-state index in [2.05, 4.69) is 4.29 Å². The van der Waals surface area contributed by atoms with Gasteiger partial charge in [-0.15, -0.1) is 0 Å². The van der Waals surface area contributed by atoms with Crippen LogP contribution in [-0.4, -0.2) is 5.11 Å². The van der Waals surface area contributed by atoms with Crippen LogP contribution in [0, 0.1) is 0 Å². The summed E-state index contributed by atoms with van der Waals surface area (Å²) in [6, 6.07) is 17.9. The maximum absolute atomic E-state index is 8.63. The van der Waals surface area contributed by atoms with Gasteiger partial charge in [0.15, 0.2) is 0 Å². The van der Waals surface area contributed by atoms with Crippen molar-refractivity contribution in [2.45, 2.75) is 0 Å². The SMILES string of the molecule is ClOc1ccccc1.Oc1ccccc1. The molecule has 0 fully saturated rings. The lowest BCUT2D eigenvalue weighted by Gasteiger charge is -1.89. The van der Waals surface area contributed by atoms with E-state index in [1.807, 2.05) is 24.3 Å². The van der Waals surface area contributed by atoms with Crippen LogP contribution in [-0.2, 0) is 0 Å². The van der Waals surface area contributed by atoms with Gasteiger partial charge < -0.3 is 9.40 Å². The molecule has 0 bridgehead atoms. The highest BCUT2D eigenvalue weighted by Gasteiger charge is 1.82. The van der Waals surface area contributed by atoms with E-state index in [9.17, 15) is 0 Å². The Morgan fingerprint density at radius 2 is 1.27 bits per heavy atom. The second-order valence-corrected chi connectivity index (χ2v) is 2.88. The van der Waals surface area contributed by atoms with Crippen LogP contribution in [0.25, 0.3) is 0 Å². The van der Waals surface area contributed by atoms with Gasteiger partial charge in [-0.25, -0.2) is 0 Å². The maximum Gasteiger partial charge on any atom is 0.146 e. The third-order valence-electron chi connectivity index (χ3n) is 1.59. The Balaban J connectivity index is 0.000000151. The van der Waals surface area contributed by atoms with E-state index in [1.165, 1.54) is 0 Å². The smallest absolute Gasteiger partial charge is 0.146 e. The van der Waals surface area contributed by atoms with Gasteiger partial charge in [-0.3, -0.25) is 0 Å². The fourth-order valence-electron chi connectivity index (χ4n) is 0.900. The van der Waals surface area contributed by atoms with E-state index in [-0.39, 0.29) is 0 Å². The summed E-state index contributed by atoms with van der Waals surface area (Å²) in [4.78, 5) is 0. The lowest BCUT2D eigenvalue weighted by atomic mass is 10.3. The van der Waals surface area contributed by atoms with E-state index < -0.39 is 0 Å². The topological polar surface area (TPSA) is 29.5 Å². The fraction of sp³-hybridized carbons (Fsp3) is 0. The average molecular weight is 223 g/mol. The molecule has 0 saturated heterocycles. The first kappa shape index (κ1) is 11.4. The molecule has 0 unspecified atom stereocenters.